The lowest BCUT2D eigenvalue weighted by Crippen LogP contribution is -2.15. The number of aromatic nitrogens is 3. The molecule has 0 aliphatic carbocycles. The van der Waals surface area contributed by atoms with E-state index < -0.39 is 5.91 Å². The summed E-state index contributed by atoms with van der Waals surface area (Å²) in [6, 6.07) is 9.46. The number of carbonyl (C=O) groups is 2. The van der Waals surface area contributed by atoms with Gasteiger partial charge in [-0.2, -0.15) is 0 Å². The lowest BCUT2D eigenvalue weighted by atomic mass is 10.2. The molecule has 0 atom stereocenters. The average Bonchev–Trinajstić information content (AvgIpc) is 2.74. The van der Waals surface area contributed by atoms with Crippen LogP contribution in [0.25, 0.3) is 0 Å². The Morgan fingerprint density at radius 3 is 2.72 bits per heavy atom. The highest BCUT2D eigenvalue weighted by Gasteiger charge is 2.16. The summed E-state index contributed by atoms with van der Waals surface area (Å²) < 4.78 is 1.41. The minimum Gasteiger partial charge on any atom is -0.364 e. The van der Waals surface area contributed by atoms with Crippen molar-refractivity contribution in [3.05, 3.63) is 41.6 Å². The molecule has 0 aliphatic heterocycles. The molecular weight excluding hydrogens is 234 g/mol. The van der Waals surface area contributed by atoms with E-state index in [1.807, 2.05) is 30.3 Å². The lowest BCUT2D eigenvalue weighted by molar-refractivity contribution is -0.105. The van der Waals surface area contributed by atoms with Crippen LogP contribution in [0.5, 0.6) is 0 Å². The van der Waals surface area contributed by atoms with Crippen molar-refractivity contribution < 1.29 is 9.59 Å². The van der Waals surface area contributed by atoms with E-state index in [0.717, 1.165) is 5.56 Å². The standard InChI is InChI=1S/C11H11N5O2/c12-10(18)9-11(13-7-17)16(15-14-9)6-8-4-2-1-3-5-8/h1-5,7H,6H2,(H2,12,18)(H,13,17). The summed E-state index contributed by atoms with van der Waals surface area (Å²) in [6.07, 6.45) is 0.451. The van der Waals surface area contributed by atoms with Gasteiger partial charge in [0.05, 0.1) is 6.54 Å². The van der Waals surface area contributed by atoms with Gasteiger partial charge in [-0.25, -0.2) is 4.68 Å². The molecule has 7 heteroatoms. The molecule has 0 radical (unpaired) electrons. The SMILES string of the molecule is NC(=O)c1nnn(Cc2ccccc2)c1NC=O. The summed E-state index contributed by atoms with van der Waals surface area (Å²) in [5.41, 5.74) is 6.05. The highest BCUT2D eigenvalue weighted by Crippen LogP contribution is 2.13. The van der Waals surface area contributed by atoms with Crippen LogP contribution in [-0.2, 0) is 11.3 Å². The largest absolute Gasteiger partial charge is 0.364 e. The summed E-state index contributed by atoms with van der Waals surface area (Å²) in [5, 5.41) is 9.83. The van der Waals surface area contributed by atoms with Crippen LogP contribution in [0.15, 0.2) is 30.3 Å². The van der Waals surface area contributed by atoms with E-state index in [2.05, 4.69) is 15.6 Å². The summed E-state index contributed by atoms with van der Waals surface area (Å²) in [5.74, 6) is -0.542. The third-order valence-corrected chi connectivity index (χ3v) is 2.34. The maximum Gasteiger partial charge on any atom is 0.273 e. The van der Waals surface area contributed by atoms with Crippen molar-refractivity contribution in [1.82, 2.24) is 15.0 Å². The quantitative estimate of drug-likeness (QED) is 0.723. The second kappa shape index (κ2) is 5.09. The van der Waals surface area contributed by atoms with E-state index in [0.29, 0.717) is 13.0 Å². The van der Waals surface area contributed by atoms with E-state index in [4.69, 9.17) is 5.73 Å². The lowest BCUT2D eigenvalue weighted by Gasteiger charge is -2.05. The zero-order chi connectivity index (χ0) is 13.0. The first-order valence-electron chi connectivity index (χ1n) is 5.19. The molecule has 0 aliphatic rings. The number of carbonyl (C=O) groups excluding carboxylic acids is 2. The number of anilines is 1. The molecule has 1 heterocycles. The first-order chi connectivity index (χ1) is 8.72. The number of benzene rings is 1. The summed E-state index contributed by atoms with van der Waals surface area (Å²) >= 11 is 0. The molecule has 0 unspecified atom stereocenters. The van der Waals surface area contributed by atoms with Crippen LogP contribution in [0.4, 0.5) is 5.82 Å². The van der Waals surface area contributed by atoms with Crippen molar-refractivity contribution in [2.75, 3.05) is 5.32 Å². The number of amides is 2. The Kier molecular flexibility index (Phi) is 3.33. The fourth-order valence-corrected chi connectivity index (χ4v) is 1.54. The topological polar surface area (TPSA) is 103 Å². The fourth-order valence-electron chi connectivity index (χ4n) is 1.54. The molecule has 0 spiro atoms. The van der Waals surface area contributed by atoms with Crippen molar-refractivity contribution in [3.8, 4) is 0 Å². The minimum atomic E-state index is -0.737. The number of nitrogens with one attached hydrogen (secondary N) is 1. The van der Waals surface area contributed by atoms with Crippen molar-refractivity contribution in [1.29, 1.82) is 0 Å². The van der Waals surface area contributed by atoms with Crippen molar-refractivity contribution in [3.63, 3.8) is 0 Å². The number of nitrogens with zero attached hydrogens (tertiary/aromatic N) is 3. The smallest absolute Gasteiger partial charge is 0.273 e. The molecule has 0 bridgehead atoms. The summed E-state index contributed by atoms with van der Waals surface area (Å²) in [6.45, 7) is 0.386. The molecule has 0 saturated heterocycles. The second-order valence-electron chi connectivity index (χ2n) is 3.56. The van der Waals surface area contributed by atoms with Gasteiger partial charge in [-0.1, -0.05) is 35.5 Å². The molecule has 7 nitrogen and oxygen atoms in total. The Bertz CT molecular complexity index is 564. The Morgan fingerprint density at radius 2 is 2.11 bits per heavy atom. The third-order valence-electron chi connectivity index (χ3n) is 2.34. The molecule has 1 aromatic heterocycles. The van der Waals surface area contributed by atoms with E-state index in [-0.39, 0.29) is 11.5 Å². The minimum absolute atomic E-state index is 0.0574. The van der Waals surface area contributed by atoms with Crippen LogP contribution in [0, 0.1) is 0 Å². The third kappa shape index (κ3) is 2.34. The zero-order valence-electron chi connectivity index (χ0n) is 9.41. The molecule has 2 amide bonds. The zero-order valence-corrected chi connectivity index (χ0v) is 9.41. The van der Waals surface area contributed by atoms with Gasteiger partial charge in [0.2, 0.25) is 6.41 Å². The van der Waals surface area contributed by atoms with E-state index in [9.17, 15) is 9.59 Å². The van der Waals surface area contributed by atoms with Crippen LogP contribution < -0.4 is 11.1 Å². The number of primary amides is 1. The van der Waals surface area contributed by atoms with Gasteiger partial charge in [0.25, 0.3) is 5.91 Å². The molecule has 0 saturated carbocycles. The van der Waals surface area contributed by atoms with Crippen LogP contribution in [0.2, 0.25) is 0 Å². The van der Waals surface area contributed by atoms with Gasteiger partial charge in [0, 0.05) is 0 Å². The summed E-state index contributed by atoms with van der Waals surface area (Å²) in [4.78, 5) is 21.6. The molecule has 1 aromatic carbocycles. The highest BCUT2D eigenvalue weighted by atomic mass is 16.1. The molecule has 2 aromatic rings. The first-order valence-corrected chi connectivity index (χ1v) is 5.19. The maximum atomic E-state index is 11.1. The van der Waals surface area contributed by atoms with Gasteiger partial charge in [0.15, 0.2) is 11.5 Å². The van der Waals surface area contributed by atoms with Crippen LogP contribution in [0.3, 0.4) is 0 Å². The Balaban J connectivity index is 2.33. The van der Waals surface area contributed by atoms with Crippen LogP contribution in [0.1, 0.15) is 16.1 Å². The second-order valence-corrected chi connectivity index (χ2v) is 3.56. The number of rotatable bonds is 5. The summed E-state index contributed by atoms with van der Waals surface area (Å²) in [7, 11) is 0. The van der Waals surface area contributed by atoms with Gasteiger partial charge >= 0.3 is 0 Å². The van der Waals surface area contributed by atoms with Gasteiger partial charge in [-0.05, 0) is 5.56 Å². The Labute approximate surface area is 103 Å². The monoisotopic (exact) mass is 245 g/mol. The van der Waals surface area contributed by atoms with Gasteiger partial charge < -0.3 is 11.1 Å². The normalized spacial score (nSPS) is 10.0. The number of nitrogens with two attached hydrogens (primary N) is 1. The van der Waals surface area contributed by atoms with Gasteiger partial charge in [-0.3, -0.25) is 9.59 Å². The Hall–Kier alpha value is -2.70. The van der Waals surface area contributed by atoms with Gasteiger partial charge in [0.1, 0.15) is 0 Å². The van der Waals surface area contributed by atoms with Crippen LogP contribution in [-0.4, -0.2) is 27.3 Å². The predicted octanol–water partition coefficient (Wildman–Crippen LogP) is -0.00640. The fraction of sp³-hybridized carbons (Fsp3) is 0.0909. The average molecular weight is 245 g/mol. The van der Waals surface area contributed by atoms with Gasteiger partial charge in [-0.15, -0.1) is 5.10 Å². The molecule has 18 heavy (non-hydrogen) atoms. The van der Waals surface area contributed by atoms with Crippen molar-refractivity contribution in [2.24, 2.45) is 5.73 Å². The number of hydrogen-bond donors (Lipinski definition) is 2. The van der Waals surface area contributed by atoms with Crippen LogP contribution >= 0.6 is 0 Å². The van der Waals surface area contributed by atoms with Crippen molar-refractivity contribution >= 4 is 18.1 Å². The molecule has 2 rings (SSSR count). The predicted molar refractivity (Wildman–Crippen MR) is 63.8 cm³/mol. The first kappa shape index (κ1) is 11.8. The molecular formula is C11H11N5O2. The highest BCUT2D eigenvalue weighted by molar-refractivity contribution is 5.97. The van der Waals surface area contributed by atoms with E-state index in [1.54, 1.807) is 0 Å². The molecule has 3 N–H and O–H groups in total. The van der Waals surface area contributed by atoms with Crippen molar-refractivity contribution in [2.45, 2.75) is 6.54 Å². The molecule has 0 fully saturated rings. The molecule has 92 valence electrons. The maximum absolute atomic E-state index is 11.1. The van der Waals surface area contributed by atoms with E-state index in [1.165, 1.54) is 4.68 Å². The Morgan fingerprint density at radius 1 is 1.39 bits per heavy atom. The number of hydrogen-bond acceptors (Lipinski definition) is 4. The van der Waals surface area contributed by atoms with E-state index >= 15 is 0 Å².